The topological polar surface area (TPSA) is 40.6 Å². The molecular weight excluding hydrogens is 228 g/mol. The van der Waals surface area contributed by atoms with E-state index in [9.17, 15) is 9.59 Å². The molecule has 3 amide bonds. The summed E-state index contributed by atoms with van der Waals surface area (Å²) < 4.78 is 0. The summed E-state index contributed by atoms with van der Waals surface area (Å²) in [6.45, 7) is 3.48. The predicted octanol–water partition coefficient (Wildman–Crippen LogP) is 2.33. The summed E-state index contributed by atoms with van der Waals surface area (Å²) in [5.41, 5.74) is 0.170. The van der Waals surface area contributed by atoms with Crippen molar-refractivity contribution in [3.63, 3.8) is 0 Å². The highest BCUT2D eigenvalue weighted by Gasteiger charge is 2.48. The van der Waals surface area contributed by atoms with Crippen molar-refractivity contribution in [2.45, 2.75) is 19.4 Å². The molecule has 1 heterocycles. The molecule has 0 radical (unpaired) electrons. The van der Waals surface area contributed by atoms with Gasteiger partial charge in [0.25, 0.3) is 5.91 Å². The second-order valence-electron chi connectivity index (χ2n) is 4.80. The van der Waals surface area contributed by atoms with Gasteiger partial charge in [-0.1, -0.05) is 30.3 Å². The highest BCUT2D eigenvalue weighted by atomic mass is 16.2. The average Bonchev–Trinajstić information content (AvgIpc) is 2.51. The van der Waals surface area contributed by atoms with E-state index in [0.717, 1.165) is 10.5 Å². The number of amides is 3. The van der Waals surface area contributed by atoms with E-state index in [0.29, 0.717) is 0 Å². The van der Waals surface area contributed by atoms with E-state index in [4.69, 9.17) is 0 Å². The van der Waals surface area contributed by atoms with Crippen molar-refractivity contribution in [1.29, 1.82) is 0 Å². The van der Waals surface area contributed by atoms with Crippen molar-refractivity contribution in [3.05, 3.63) is 42.1 Å². The zero-order valence-electron chi connectivity index (χ0n) is 10.8. The van der Waals surface area contributed by atoms with Gasteiger partial charge < -0.3 is 4.90 Å². The lowest BCUT2D eigenvalue weighted by molar-refractivity contribution is -0.129. The second kappa shape index (κ2) is 4.29. The van der Waals surface area contributed by atoms with Crippen LogP contribution in [0, 0.1) is 0 Å². The Balaban J connectivity index is 2.23. The van der Waals surface area contributed by atoms with Crippen LogP contribution in [-0.4, -0.2) is 34.3 Å². The molecule has 2 rings (SSSR count). The lowest BCUT2D eigenvalue weighted by atomic mass is 10.1. The van der Waals surface area contributed by atoms with E-state index in [1.165, 1.54) is 11.1 Å². The molecule has 0 saturated carbocycles. The molecule has 1 aliphatic heterocycles. The van der Waals surface area contributed by atoms with Gasteiger partial charge in [0.05, 0.1) is 0 Å². The molecule has 18 heavy (non-hydrogen) atoms. The minimum atomic E-state index is -0.780. The Morgan fingerprint density at radius 3 is 2.22 bits per heavy atom. The van der Waals surface area contributed by atoms with Crippen LogP contribution in [0.4, 0.5) is 4.79 Å². The number of carbonyl (C=O) groups is 2. The zero-order valence-corrected chi connectivity index (χ0v) is 10.8. The number of nitrogens with zero attached hydrogens (tertiary/aromatic N) is 2. The quantitative estimate of drug-likeness (QED) is 0.749. The van der Waals surface area contributed by atoms with Gasteiger partial charge in [-0.25, -0.2) is 9.69 Å². The van der Waals surface area contributed by atoms with Crippen molar-refractivity contribution in [3.8, 4) is 0 Å². The number of urea groups is 1. The van der Waals surface area contributed by atoms with E-state index in [1.807, 2.05) is 30.3 Å². The average molecular weight is 244 g/mol. The minimum Gasteiger partial charge on any atom is -0.313 e. The Hall–Kier alpha value is -2.10. The maximum Gasteiger partial charge on any atom is 0.331 e. The molecular formula is C14H16N2O2. The maximum atomic E-state index is 12.1. The Bertz CT molecular complexity index is 506. The summed E-state index contributed by atoms with van der Waals surface area (Å²) in [6.07, 6.45) is 3.29. The number of imide groups is 1. The molecule has 0 aliphatic carbocycles. The number of rotatable bonds is 2. The van der Waals surface area contributed by atoms with Crippen LogP contribution < -0.4 is 0 Å². The summed E-state index contributed by atoms with van der Waals surface area (Å²) in [4.78, 5) is 26.6. The zero-order chi connectivity index (χ0) is 13.3. The van der Waals surface area contributed by atoms with Gasteiger partial charge in [0.1, 0.15) is 5.54 Å². The van der Waals surface area contributed by atoms with E-state index in [-0.39, 0.29) is 11.9 Å². The molecule has 0 unspecified atom stereocenters. The fraction of sp³-hybridized carbons (Fsp3) is 0.286. The predicted molar refractivity (Wildman–Crippen MR) is 69.6 cm³/mol. The Kier molecular flexibility index (Phi) is 2.95. The molecule has 1 saturated heterocycles. The third-order valence-electron chi connectivity index (χ3n) is 3.29. The van der Waals surface area contributed by atoms with Crippen LogP contribution in [0.15, 0.2) is 36.5 Å². The monoisotopic (exact) mass is 244 g/mol. The third-order valence-corrected chi connectivity index (χ3v) is 3.29. The fourth-order valence-electron chi connectivity index (χ4n) is 1.78. The van der Waals surface area contributed by atoms with Crippen LogP contribution in [-0.2, 0) is 4.79 Å². The third kappa shape index (κ3) is 1.90. The van der Waals surface area contributed by atoms with Crippen molar-refractivity contribution < 1.29 is 9.59 Å². The highest BCUT2D eigenvalue weighted by molar-refractivity contribution is 6.07. The van der Waals surface area contributed by atoms with Crippen LogP contribution in [0.2, 0.25) is 0 Å². The number of carbonyl (C=O) groups excluding carboxylic acids is 2. The fourth-order valence-corrected chi connectivity index (χ4v) is 1.78. The van der Waals surface area contributed by atoms with Crippen LogP contribution in [0.5, 0.6) is 0 Å². The highest BCUT2D eigenvalue weighted by Crippen LogP contribution is 2.26. The number of hydrogen-bond donors (Lipinski definition) is 0. The Morgan fingerprint density at radius 1 is 1.11 bits per heavy atom. The smallest absolute Gasteiger partial charge is 0.313 e. The lowest BCUT2D eigenvalue weighted by Gasteiger charge is -2.22. The summed E-state index contributed by atoms with van der Waals surface area (Å²) in [7, 11) is 1.64. The number of likely N-dealkylation sites (N-methyl/N-ethyl adjacent to an activating group) is 1. The molecule has 0 aromatic heterocycles. The van der Waals surface area contributed by atoms with Gasteiger partial charge >= 0.3 is 6.03 Å². The second-order valence-corrected chi connectivity index (χ2v) is 4.80. The van der Waals surface area contributed by atoms with Crippen molar-refractivity contribution >= 4 is 18.0 Å². The minimum absolute atomic E-state index is 0.206. The first-order valence-corrected chi connectivity index (χ1v) is 5.79. The van der Waals surface area contributed by atoms with Gasteiger partial charge in [0, 0.05) is 13.2 Å². The van der Waals surface area contributed by atoms with Crippen molar-refractivity contribution in [1.82, 2.24) is 9.80 Å². The van der Waals surface area contributed by atoms with Crippen LogP contribution in [0.25, 0.3) is 6.08 Å². The van der Waals surface area contributed by atoms with Crippen LogP contribution >= 0.6 is 0 Å². The summed E-state index contributed by atoms with van der Waals surface area (Å²) in [5, 5.41) is 0. The first-order chi connectivity index (χ1) is 8.44. The normalized spacial score (nSPS) is 19.1. The first-order valence-electron chi connectivity index (χ1n) is 5.79. The van der Waals surface area contributed by atoms with Crippen molar-refractivity contribution in [2.24, 2.45) is 0 Å². The van der Waals surface area contributed by atoms with E-state index in [1.54, 1.807) is 27.0 Å². The molecule has 94 valence electrons. The van der Waals surface area contributed by atoms with Crippen molar-refractivity contribution in [2.75, 3.05) is 7.05 Å². The molecule has 1 aliphatic rings. The molecule has 1 aromatic carbocycles. The van der Waals surface area contributed by atoms with Gasteiger partial charge in [-0.05, 0) is 25.5 Å². The lowest BCUT2D eigenvalue weighted by Crippen LogP contribution is -2.41. The van der Waals surface area contributed by atoms with Crippen LogP contribution in [0.1, 0.15) is 19.4 Å². The van der Waals surface area contributed by atoms with Gasteiger partial charge in [0.2, 0.25) is 0 Å². The van der Waals surface area contributed by atoms with E-state index >= 15 is 0 Å². The Morgan fingerprint density at radius 2 is 1.72 bits per heavy atom. The van der Waals surface area contributed by atoms with E-state index in [2.05, 4.69) is 0 Å². The first kappa shape index (κ1) is 12.4. The standard InChI is InChI=1S/C14H16N2O2/c1-14(2)12(17)16(13(18)15(14)3)10-9-11-7-5-4-6-8-11/h4-10H,1-3H3. The number of benzene rings is 1. The van der Waals surface area contributed by atoms with Gasteiger partial charge in [-0.2, -0.15) is 0 Å². The molecule has 0 N–H and O–H groups in total. The van der Waals surface area contributed by atoms with Gasteiger partial charge in [0.15, 0.2) is 0 Å². The molecule has 0 atom stereocenters. The molecule has 4 heteroatoms. The molecule has 0 bridgehead atoms. The van der Waals surface area contributed by atoms with Gasteiger partial charge in [-0.15, -0.1) is 0 Å². The molecule has 0 spiro atoms. The molecule has 1 aromatic rings. The molecule has 4 nitrogen and oxygen atoms in total. The molecule has 1 fully saturated rings. The van der Waals surface area contributed by atoms with Gasteiger partial charge in [-0.3, -0.25) is 4.79 Å². The van der Waals surface area contributed by atoms with Crippen LogP contribution in [0.3, 0.4) is 0 Å². The summed E-state index contributed by atoms with van der Waals surface area (Å²) in [6, 6.07) is 9.26. The number of hydrogen-bond acceptors (Lipinski definition) is 2. The van der Waals surface area contributed by atoms with E-state index < -0.39 is 5.54 Å². The largest absolute Gasteiger partial charge is 0.331 e. The summed E-state index contributed by atoms with van der Waals surface area (Å²) in [5.74, 6) is -0.206. The Labute approximate surface area is 106 Å². The maximum absolute atomic E-state index is 12.1. The SMILES string of the molecule is CN1C(=O)N(C=Cc2ccccc2)C(=O)C1(C)C. The summed E-state index contributed by atoms with van der Waals surface area (Å²) >= 11 is 0.